The highest BCUT2D eigenvalue weighted by molar-refractivity contribution is 6.76. The predicted octanol–water partition coefficient (Wildman–Crippen LogP) is 6.87. The zero-order valence-corrected chi connectivity index (χ0v) is 41.6. The van der Waals surface area contributed by atoms with E-state index in [1.165, 1.54) is 40.0 Å². The van der Waals surface area contributed by atoms with Gasteiger partial charge in [-0.2, -0.15) is 0 Å². The summed E-state index contributed by atoms with van der Waals surface area (Å²) in [6, 6.07) is 12.3. The molecule has 67 heavy (non-hydrogen) atoms. The van der Waals surface area contributed by atoms with Crippen LogP contribution < -0.4 is 44.0 Å². The van der Waals surface area contributed by atoms with Crippen LogP contribution in [-0.4, -0.2) is 123 Å². The largest absolute Gasteiger partial charge is 0.493 e. The SMILES string of the molecule is COc1cc2c(cc1OCCCOc1cc3c(cc1OC)C(=O)N1C=C(c4ccc5c(c4)OCO5)C[C@H]1C(=O)N3COCC[Si](C)(C)C)N(COCC[Si](C)(C)C)C(=O)[C@@H]1CC(N)=CN1C2=O. The monoisotopic (exact) mass is 955 g/mol. The van der Waals surface area contributed by atoms with Crippen molar-refractivity contribution >= 4 is 56.7 Å². The summed E-state index contributed by atoms with van der Waals surface area (Å²) in [4.78, 5) is 63.0. The number of amides is 4. The first-order valence-corrected chi connectivity index (χ1v) is 30.1. The molecule has 0 bridgehead atoms. The van der Waals surface area contributed by atoms with Gasteiger partial charge in [0.25, 0.3) is 23.6 Å². The topological polar surface area (TPSA) is 181 Å². The second kappa shape index (κ2) is 19.3. The van der Waals surface area contributed by atoms with Crippen LogP contribution >= 0.6 is 0 Å². The summed E-state index contributed by atoms with van der Waals surface area (Å²) in [5.74, 6) is 1.19. The van der Waals surface area contributed by atoms with E-state index in [2.05, 4.69) is 39.3 Å². The van der Waals surface area contributed by atoms with E-state index in [0.29, 0.717) is 77.6 Å². The molecule has 17 nitrogen and oxygen atoms in total. The summed E-state index contributed by atoms with van der Waals surface area (Å²) in [5.41, 5.74) is 9.44. The van der Waals surface area contributed by atoms with Crippen LogP contribution in [0.1, 0.15) is 45.5 Å². The molecular weight excluding hydrogens is 895 g/mol. The van der Waals surface area contributed by atoms with Crippen molar-refractivity contribution in [2.75, 3.05) is 70.7 Å². The number of fused-ring (bicyclic) bond motifs is 5. The van der Waals surface area contributed by atoms with E-state index in [9.17, 15) is 19.2 Å². The van der Waals surface area contributed by atoms with Crippen LogP contribution in [0.2, 0.25) is 51.4 Å². The van der Waals surface area contributed by atoms with Gasteiger partial charge in [-0.1, -0.05) is 45.3 Å². The predicted molar refractivity (Wildman–Crippen MR) is 256 cm³/mol. The molecule has 5 aliphatic heterocycles. The van der Waals surface area contributed by atoms with E-state index in [1.807, 2.05) is 18.2 Å². The lowest BCUT2D eigenvalue weighted by atomic mass is 10.0. The molecule has 3 aromatic rings. The van der Waals surface area contributed by atoms with Gasteiger partial charge in [0.1, 0.15) is 25.5 Å². The smallest absolute Gasteiger partial charge is 0.260 e. The highest BCUT2D eigenvalue weighted by atomic mass is 28.3. The summed E-state index contributed by atoms with van der Waals surface area (Å²) >= 11 is 0. The molecule has 8 rings (SSSR count). The summed E-state index contributed by atoms with van der Waals surface area (Å²) in [6.45, 7) is 14.8. The fraction of sp³-hybridized carbons (Fsp3) is 0.458. The van der Waals surface area contributed by atoms with Crippen molar-refractivity contribution in [2.24, 2.45) is 5.73 Å². The lowest BCUT2D eigenvalue weighted by molar-refractivity contribution is -0.123. The van der Waals surface area contributed by atoms with Gasteiger partial charge in [0.2, 0.25) is 6.79 Å². The molecular formula is C48H61N5O12Si2. The normalized spacial score (nSPS) is 18.8. The molecule has 0 unspecified atom stereocenters. The minimum absolute atomic E-state index is 0.0487. The van der Waals surface area contributed by atoms with Gasteiger partial charge in [0.15, 0.2) is 34.5 Å². The maximum atomic E-state index is 14.6. The maximum absolute atomic E-state index is 14.6. The van der Waals surface area contributed by atoms with Crippen molar-refractivity contribution in [1.29, 1.82) is 0 Å². The number of carbonyl (C=O) groups excluding carboxylic acids is 4. The number of ether oxygens (including phenoxy) is 8. The second-order valence-corrected chi connectivity index (χ2v) is 30.9. The Bertz CT molecular complexity index is 2500. The standard InChI is InChI=1S/C48H61N5O12Si2/c1-58-40-21-33-35(52(27-60-14-16-66(3,4)5)47(56)37-18-31(25-50(37)45(33)54)30-10-11-39-42(19-30)65-29-64-39)23-43(40)62-12-9-13-63-44-24-36-34(22-41(44)59-2)46(55)51-26-32(49)20-38(51)48(57)53(36)28-61-15-17-67(6,7)8/h10-11,19,21-26,37-38H,9,12-18,20,27-29,49H2,1-8H3/t37-,38-/m0/s1. The third kappa shape index (κ3) is 10.1. The lowest BCUT2D eigenvalue weighted by Crippen LogP contribution is -2.45. The molecule has 4 amide bonds. The Hall–Kier alpha value is -6.03. The molecule has 5 aliphatic rings. The first-order chi connectivity index (χ1) is 31.9. The Morgan fingerprint density at radius 1 is 0.627 bits per heavy atom. The van der Waals surface area contributed by atoms with Gasteiger partial charge in [-0.3, -0.25) is 29.0 Å². The zero-order chi connectivity index (χ0) is 47.8. The lowest BCUT2D eigenvalue weighted by Gasteiger charge is -2.27. The number of nitrogens with zero attached hydrogens (tertiary/aromatic N) is 4. The number of carbonyl (C=O) groups is 4. The summed E-state index contributed by atoms with van der Waals surface area (Å²) in [7, 11) is 0.115. The molecule has 19 heteroatoms. The fourth-order valence-electron chi connectivity index (χ4n) is 8.43. The van der Waals surface area contributed by atoms with Crippen LogP contribution in [0, 0.1) is 0 Å². The summed E-state index contributed by atoms with van der Waals surface area (Å²) in [6.07, 6.45) is 4.16. The number of rotatable bonds is 19. The summed E-state index contributed by atoms with van der Waals surface area (Å²) in [5, 5.41) is 0. The Morgan fingerprint density at radius 2 is 1.13 bits per heavy atom. The average Bonchev–Trinajstić information content (AvgIpc) is 4.04. The van der Waals surface area contributed by atoms with Gasteiger partial charge in [-0.05, 0) is 47.5 Å². The van der Waals surface area contributed by atoms with Crippen LogP contribution in [0.15, 0.2) is 60.6 Å². The number of anilines is 2. The summed E-state index contributed by atoms with van der Waals surface area (Å²) < 4.78 is 47.4. The fourth-order valence-corrected chi connectivity index (χ4v) is 9.94. The minimum Gasteiger partial charge on any atom is -0.493 e. The molecule has 358 valence electrons. The Balaban J connectivity index is 1.01. The van der Waals surface area contributed by atoms with Gasteiger partial charge in [-0.25, -0.2) is 0 Å². The molecule has 0 saturated heterocycles. The van der Waals surface area contributed by atoms with Crippen molar-refractivity contribution < 1.29 is 57.1 Å². The quantitative estimate of drug-likeness (QED) is 0.0973. The van der Waals surface area contributed by atoms with Crippen molar-refractivity contribution in [2.45, 2.75) is 82.7 Å². The molecule has 0 saturated carbocycles. The highest BCUT2D eigenvalue weighted by Crippen LogP contribution is 2.44. The van der Waals surface area contributed by atoms with Crippen LogP contribution in [0.25, 0.3) is 5.57 Å². The average molecular weight is 956 g/mol. The molecule has 3 aromatic carbocycles. The van der Waals surface area contributed by atoms with Gasteiger partial charge in [0, 0.05) is 78.9 Å². The Morgan fingerprint density at radius 3 is 1.66 bits per heavy atom. The van der Waals surface area contributed by atoms with E-state index in [1.54, 1.807) is 30.5 Å². The van der Waals surface area contributed by atoms with Crippen LogP contribution in [-0.2, 0) is 19.1 Å². The second-order valence-electron chi connectivity index (χ2n) is 19.6. The van der Waals surface area contributed by atoms with E-state index in [0.717, 1.165) is 23.2 Å². The third-order valence-electron chi connectivity index (χ3n) is 12.3. The first kappa shape index (κ1) is 47.5. The van der Waals surface area contributed by atoms with Crippen molar-refractivity contribution in [3.05, 3.63) is 77.3 Å². The van der Waals surface area contributed by atoms with Gasteiger partial charge >= 0.3 is 0 Å². The zero-order valence-electron chi connectivity index (χ0n) is 39.6. The van der Waals surface area contributed by atoms with Gasteiger partial charge in [-0.15, -0.1) is 0 Å². The Kier molecular flexibility index (Phi) is 13.7. The van der Waals surface area contributed by atoms with E-state index < -0.39 is 28.2 Å². The van der Waals surface area contributed by atoms with Crippen molar-refractivity contribution in [1.82, 2.24) is 9.80 Å². The molecule has 2 atom stereocenters. The number of methoxy groups -OCH3 is 2. The van der Waals surface area contributed by atoms with E-state index in [4.69, 9.17) is 43.6 Å². The molecule has 0 aromatic heterocycles. The third-order valence-corrected chi connectivity index (χ3v) is 15.7. The van der Waals surface area contributed by atoms with E-state index in [-0.39, 0.29) is 74.6 Å². The number of hydrogen-bond donors (Lipinski definition) is 1. The van der Waals surface area contributed by atoms with Crippen molar-refractivity contribution in [3.8, 4) is 34.5 Å². The Labute approximate surface area is 393 Å². The molecule has 5 heterocycles. The number of hydrogen-bond acceptors (Lipinski definition) is 13. The number of benzene rings is 3. The van der Waals surface area contributed by atoms with Gasteiger partial charge in [0.05, 0.1) is 49.9 Å². The molecule has 0 aliphatic carbocycles. The van der Waals surface area contributed by atoms with Gasteiger partial charge < -0.3 is 53.4 Å². The van der Waals surface area contributed by atoms with Crippen LogP contribution in [0.3, 0.4) is 0 Å². The highest BCUT2D eigenvalue weighted by Gasteiger charge is 2.45. The maximum Gasteiger partial charge on any atom is 0.260 e. The van der Waals surface area contributed by atoms with E-state index >= 15 is 0 Å². The number of nitrogens with two attached hydrogens (primary N) is 1. The molecule has 0 spiro atoms. The molecule has 0 fully saturated rings. The van der Waals surface area contributed by atoms with Crippen LogP contribution in [0.5, 0.6) is 34.5 Å². The van der Waals surface area contributed by atoms with Crippen LogP contribution in [0.4, 0.5) is 11.4 Å². The van der Waals surface area contributed by atoms with Crippen molar-refractivity contribution in [3.63, 3.8) is 0 Å². The molecule has 2 N–H and O–H groups in total. The molecule has 0 radical (unpaired) electrons. The minimum atomic E-state index is -1.45. The first-order valence-electron chi connectivity index (χ1n) is 22.6.